The SMILES string of the molecule is C=CCN(CC=C)S(=O)(=O)c1ccc2nc(NC(=O)c3ccc(I)cc3)sc2c1. The number of anilines is 1. The Kier molecular flexibility index (Phi) is 6.83. The number of benzene rings is 2. The Morgan fingerprint density at radius 1 is 1.14 bits per heavy atom. The van der Waals surface area contributed by atoms with Crippen molar-refractivity contribution in [2.75, 3.05) is 18.4 Å². The van der Waals surface area contributed by atoms with Gasteiger partial charge in [0.25, 0.3) is 5.91 Å². The number of hydrogen-bond acceptors (Lipinski definition) is 5. The fourth-order valence-corrected chi connectivity index (χ4v) is 5.34. The molecular formula is C20H18IN3O3S2. The largest absolute Gasteiger partial charge is 0.298 e. The fraction of sp³-hybridized carbons (Fsp3) is 0.100. The van der Waals surface area contributed by atoms with Crippen molar-refractivity contribution in [3.05, 3.63) is 76.9 Å². The van der Waals surface area contributed by atoms with Crippen LogP contribution in [0.2, 0.25) is 0 Å². The summed E-state index contributed by atoms with van der Waals surface area (Å²) in [4.78, 5) is 16.9. The number of sulfonamides is 1. The van der Waals surface area contributed by atoms with Crippen LogP contribution in [0.3, 0.4) is 0 Å². The summed E-state index contributed by atoms with van der Waals surface area (Å²) >= 11 is 3.40. The van der Waals surface area contributed by atoms with Gasteiger partial charge in [-0.1, -0.05) is 23.5 Å². The number of halogens is 1. The highest BCUT2D eigenvalue weighted by atomic mass is 127. The Morgan fingerprint density at radius 3 is 2.41 bits per heavy atom. The van der Waals surface area contributed by atoms with Crippen molar-refractivity contribution >= 4 is 65.2 Å². The van der Waals surface area contributed by atoms with Gasteiger partial charge in [-0.3, -0.25) is 10.1 Å². The van der Waals surface area contributed by atoms with E-state index in [-0.39, 0.29) is 23.9 Å². The summed E-state index contributed by atoms with van der Waals surface area (Å²) < 4.78 is 28.8. The first-order valence-corrected chi connectivity index (χ1v) is 11.9. The minimum Gasteiger partial charge on any atom is -0.298 e. The lowest BCUT2D eigenvalue weighted by atomic mass is 10.2. The van der Waals surface area contributed by atoms with E-state index in [0.717, 1.165) is 3.57 Å². The molecule has 0 spiro atoms. The third-order valence-electron chi connectivity index (χ3n) is 3.99. The van der Waals surface area contributed by atoms with E-state index in [2.05, 4.69) is 46.0 Å². The first kappa shape index (κ1) is 21.6. The van der Waals surface area contributed by atoms with Crippen LogP contribution in [-0.2, 0) is 10.0 Å². The topological polar surface area (TPSA) is 79.4 Å². The predicted octanol–water partition coefficient (Wildman–Crippen LogP) is 4.52. The molecule has 0 atom stereocenters. The average Bonchev–Trinajstić information content (AvgIpc) is 3.09. The van der Waals surface area contributed by atoms with E-state index in [1.54, 1.807) is 24.3 Å². The van der Waals surface area contributed by atoms with Crippen LogP contribution < -0.4 is 5.32 Å². The molecule has 3 aromatic rings. The van der Waals surface area contributed by atoms with Crippen molar-refractivity contribution in [1.82, 2.24) is 9.29 Å². The Labute approximate surface area is 187 Å². The van der Waals surface area contributed by atoms with Gasteiger partial charge in [-0.25, -0.2) is 13.4 Å². The van der Waals surface area contributed by atoms with Crippen LogP contribution in [0.5, 0.6) is 0 Å². The van der Waals surface area contributed by atoms with Crippen molar-refractivity contribution in [2.24, 2.45) is 0 Å². The highest BCUT2D eigenvalue weighted by Crippen LogP contribution is 2.29. The third kappa shape index (κ3) is 4.92. The van der Waals surface area contributed by atoms with E-state index < -0.39 is 10.0 Å². The van der Waals surface area contributed by atoms with Crippen LogP contribution >= 0.6 is 33.9 Å². The molecule has 0 aliphatic rings. The summed E-state index contributed by atoms with van der Waals surface area (Å²) in [5.41, 5.74) is 1.14. The molecule has 0 bridgehead atoms. The number of fused-ring (bicyclic) bond motifs is 1. The molecule has 0 unspecified atom stereocenters. The highest BCUT2D eigenvalue weighted by Gasteiger charge is 2.23. The van der Waals surface area contributed by atoms with Gasteiger partial charge in [-0.05, 0) is 65.1 Å². The van der Waals surface area contributed by atoms with Crippen LogP contribution in [0, 0.1) is 3.57 Å². The van der Waals surface area contributed by atoms with E-state index in [1.807, 2.05) is 12.1 Å². The summed E-state index contributed by atoms with van der Waals surface area (Å²) in [6, 6.07) is 11.9. The Hall–Kier alpha value is -2.08. The number of aromatic nitrogens is 1. The van der Waals surface area contributed by atoms with Gasteiger partial charge in [-0.2, -0.15) is 4.31 Å². The van der Waals surface area contributed by atoms with E-state index in [9.17, 15) is 13.2 Å². The molecule has 0 aliphatic carbocycles. The van der Waals surface area contributed by atoms with Crippen LogP contribution in [0.1, 0.15) is 10.4 Å². The minimum atomic E-state index is -3.70. The summed E-state index contributed by atoms with van der Waals surface area (Å²) in [7, 11) is -3.70. The van der Waals surface area contributed by atoms with Gasteiger partial charge in [0.2, 0.25) is 10.0 Å². The van der Waals surface area contributed by atoms with Gasteiger partial charge in [0.15, 0.2) is 5.13 Å². The molecule has 0 radical (unpaired) electrons. The van der Waals surface area contributed by atoms with Gasteiger partial charge < -0.3 is 0 Å². The quantitative estimate of drug-likeness (QED) is 0.338. The lowest BCUT2D eigenvalue weighted by Crippen LogP contribution is -2.31. The number of amides is 1. The molecule has 0 saturated heterocycles. The van der Waals surface area contributed by atoms with Gasteiger partial charge in [0.1, 0.15) is 0 Å². The zero-order valence-electron chi connectivity index (χ0n) is 15.3. The normalized spacial score (nSPS) is 11.5. The smallest absolute Gasteiger partial charge is 0.257 e. The fourth-order valence-electron chi connectivity index (χ4n) is 2.60. The summed E-state index contributed by atoms with van der Waals surface area (Å²) in [5.74, 6) is -0.267. The maximum Gasteiger partial charge on any atom is 0.257 e. The Balaban J connectivity index is 1.87. The molecular weight excluding hydrogens is 521 g/mol. The molecule has 0 aliphatic heterocycles. The molecule has 6 nitrogen and oxygen atoms in total. The number of carbonyl (C=O) groups is 1. The number of carbonyl (C=O) groups excluding carboxylic acids is 1. The maximum absolute atomic E-state index is 12.9. The summed E-state index contributed by atoms with van der Waals surface area (Å²) in [5, 5.41) is 3.18. The lowest BCUT2D eigenvalue weighted by Gasteiger charge is -2.18. The van der Waals surface area contributed by atoms with Crippen molar-refractivity contribution < 1.29 is 13.2 Å². The first-order chi connectivity index (χ1) is 13.8. The van der Waals surface area contributed by atoms with Gasteiger partial charge in [-0.15, -0.1) is 13.2 Å². The first-order valence-electron chi connectivity index (χ1n) is 8.54. The lowest BCUT2D eigenvalue weighted by molar-refractivity contribution is 0.102. The van der Waals surface area contributed by atoms with Crippen LogP contribution in [0.25, 0.3) is 10.2 Å². The molecule has 150 valence electrons. The number of nitrogens with zero attached hydrogens (tertiary/aromatic N) is 2. The van der Waals surface area contributed by atoms with E-state index in [0.29, 0.717) is 20.9 Å². The zero-order chi connectivity index (χ0) is 21.0. The second-order valence-electron chi connectivity index (χ2n) is 6.01. The molecule has 1 heterocycles. The molecule has 0 fully saturated rings. The van der Waals surface area contributed by atoms with Crippen LogP contribution in [0.15, 0.2) is 72.7 Å². The molecule has 29 heavy (non-hydrogen) atoms. The zero-order valence-corrected chi connectivity index (χ0v) is 19.1. The van der Waals surface area contributed by atoms with Crippen molar-refractivity contribution in [3.8, 4) is 0 Å². The van der Waals surface area contributed by atoms with Gasteiger partial charge in [0, 0.05) is 22.2 Å². The van der Waals surface area contributed by atoms with E-state index >= 15 is 0 Å². The second-order valence-corrected chi connectivity index (χ2v) is 10.2. The standard InChI is InChI=1S/C20H18IN3O3S2/c1-3-11-24(12-4-2)29(26,27)16-9-10-17-18(13-16)28-20(22-17)23-19(25)14-5-7-15(21)8-6-14/h3-10,13H,1-2,11-12H2,(H,22,23,25). The average molecular weight is 539 g/mol. The van der Waals surface area contributed by atoms with Crippen molar-refractivity contribution in [3.63, 3.8) is 0 Å². The number of rotatable bonds is 8. The monoisotopic (exact) mass is 539 g/mol. The number of thiazole rings is 1. The Morgan fingerprint density at radius 2 is 1.79 bits per heavy atom. The molecule has 2 aromatic carbocycles. The van der Waals surface area contributed by atoms with Crippen LogP contribution in [0.4, 0.5) is 5.13 Å². The maximum atomic E-state index is 12.9. The second kappa shape index (κ2) is 9.16. The minimum absolute atomic E-state index is 0.160. The van der Waals surface area contributed by atoms with Crippen molar-refractivity contribution in [2.45, 2.75) is 4.90 Å². The number of nitrogens with one attached hydrogen (secondary N) is 1. The van der Waals surface area contributed by atoms with Gasteiger partial charge >= 0.3 is 0 Å². The number of hydrogen-bond donors (Lipinski definition) is 1. The molecule has 3 rings (SSSR count). The van der Waals surface area contributed by atoms with E-state index in [4.69, 9.17) is 0 Å². The molecule has 1 N–H and O–H groups in total. The van der Waals surface area contributed by atoms with E-state index in [1.165, 1.54) is 33.9 Å². The molecule has 1 aromatic heterocycles. The highest BCUT2D eigenvalue weighted by molar-refractivity contribution is 14.1. The summed E-state index contributed by atoms with van der Waals surface area (Å²) in [6.07, 6.45) is 3.06. The Bertz CT molecular complexity index is 1160. The molecule has 9 heteroatoms. The van der Waals surface area contributed by atoms with Crippen molar-refractivity contribution in [1.29, 1.82) is 0 Å². The van der Waals surface area contributed by atoms with Crippen LogP contribution in [-0.4, -0.2) is 36.7 Å². The molecule has 0 saturated carbocycles. The molecule has 1 amide bonds. The third-order valence-corrected chi connectivity index (χ3v) is 7.47. The summed E-state index contributed by atoms with van der Waals surface area (Å²) in [6.45, 7) is 7.60. The predicted molar refractivity (Wildman–Crippen MR) is 126 cm³/mol. The van der Waals surface area contributed by atoms with Gasteiger partial charge in [0.05, 0.1) is 15.1 Å².